The van der Waals surface area contributed by atoms with Crippen molar-refractivity contribution < 1.29 is 12.6 Å². The number of hydrogen-bond acceptors (Lipinski definition) is 4. The van der Waals surface area contributed by atoms with E-state index in [4.69, 9.17) is 46.4 Å². The third-order valence-electron chi connectivity index (χ3n) is 0.724. The van der Waals surface area contributed by atoms with Crippen molar-refractivity contribution in [3.8, 4) is 0 Å². The van der Waals surface area contributed by atoms with Crippen molar-refractivity contribution in [3.05, 3.63) is 0 Å². The summed E-state index contributed by atoms with van der Waals surface area (Å²) in [5.41, 5.74) is 0. The van der Waals surface area contributed by atoms with Crippen LogP contribution in [0.15, 0.2) is 4.40 Å². The predicted octanol–water partition coefficient (Wildman–Crippen LogP) is 2.58. The van der Waals surface area contributed by atoms with E-state index >= 15 is 0 Å². The first-order chi connectivity index (χ1) is 6.16. The molecule has 0 aromatic heterocycles. The zero-order valence-corrected chi connectivity index (χ0v) is 11.4. The number of halogens is 4. The maximum Gasteiger partial charge on any atom is 0.382 e. The van der Waals surface area contributed by atoms with Crippen molar-refractivity contribution >= 4 is 73.0 Å². The molecule has 84 valence electrons. The van der Waals surface area contributed by atoms with Gasteiger partial charge in [-0.15, -0.1) is 4.40 Å². The van der Waals surface area contributed by atoms with Gasteiger partial charge in [0.25, 0.3) is 0 Å². The van der Waals surface area contributed by atoms with E-state index in [2.05, 4.69) is 8.58 Å². The molecule has 0 rings (SSSR count). The Morgan fingerprint density at radius 1 is 1.50 bits per heavy atom. The highest BCUT2D eigenvalue weighted by Gasteiger charge is 2.24. The maximum absolute atomic E-state index is 11.0. The van der Waals surface area contributed by atoms with E-state index in [1.165, 1.54) is 0 Å². The normalized spacial score (nSPS) is 14.5. The average Bonchev–Trinajstić information content (AvgIpc) is 1.99. The Morgan fingerprint density at radius 3 is 2.36 bits per heavy atom. The molecule has 0 spiro atoms. The van der Waals surface area contributed by atoms with Gasteiger partial charge in [-0.25, -0.2) is 4.18 Å². The Balaban J connectivity index is 4.38. The van der Waals surface area contributed by atoms with Gasteiger partial charge in [0.15, 0.2) is 4.50 Å². The fourth-order valence-electron chi connectivity index (χ4n) is 0.293. The van der Waals surface area contributed by atoms with Crippen molar-refractivity contribution in [3.63, 3.8) is 0 Å². The molecule has 0 bridgehead atoms. The van der Waals surface area contributed by atoms with Gasteiger partial charge in [-0.2, -0.15) is 8.42 Å². The Hall–Kier alpha value is 1.09. The summed E-state index contributed by atoms with van der Waals surface area (Å²) in [6.07, 6.45) is 1.55. The van der Waals surface area contributed by atoms with Gasteiger partial charge in [-0.1, -0.05) is 58.2 Å². The lowest BCUT2D eigenvalue weighted by Crippen LogP contribution is -2.16. The minimum absolute atomic E-state index is 0.186. The van der Waals surface area contributed by atoms with E-state index < -0.39 is 20.7 Å². The molecule has 14 heavy (non-hydrogen) atoms. The van der Waals surface area contributed by atoms with Gasteiger partial charge in [-0.3, -0.25) is 0 Å². The van der Waals surface area contributed by atoms with Gasteiger partial charge >= 0.3 is 10.3 Å². The van der Waals surface area contributed by atoms with Crippen LogP contribution in [0.1, 0.15) is 0 Å². The molecule has 0 atom stereocenters. The summed E-state index contributed by atoms with van der Waals surface area (Å²) in [6.45, 7) is -0.623. The Bertz CT molecular complexity index is 309. The van der Waals surface area contributed by atoms with Gasteiger partial charge in [0.2, 0.25) is 3.79 Å². The Labute approximate surface area is 106 Å². The van der Waals surface area contributed by atoms with Gasteiger partial charge in [0, 0.05) is 0 Å². The molecule has 0 aliphatic heterocycles. The second-order valence-electron chi connectivity index (χ2n) is 1.85. The lowest BCUT2D eigenvalue weighted by Gasteiger charge is -2.08. The highest BCUT2D eigenvalue weighted by Crippen LogP contribution is 2.26. The molecular weight excluding hydrogens is 316 g/mol. The van der Waals surface area contributed by atoms with E-state index in [-0.39, 0.29) is 4.50 Å². The zero-order valence-electron chi connectivity index (χ0n) is 6.71. The molecule has 0 fully saturated rings. The molecule has 0 unspecified atom stereocenters. The number of thioether (sulfide) groups is 1. The van der Waals surface area contributed by atoms with Crippen LogP contribution in [0.4, 0.5) is 0 Å². The summed E-state index contributed by atoms with van der Waals surface area (Å²) in [4.78, 5) is 0. The molecule has 0 aliphatic rings. The average molecular weight is 321 g/mol. The molecule has 0 N–H and O–H groups in total. The summed E-state index contributed by atoms with van der Waals surface area (Å²) in [7, 11) is -4.14. The Kier molecular flexibility index (Phi) is 6.45. The van der Waals surface area contributed by atoms with Crippen LogP contribution in [0.25, 0.3) is 0 Å². The number of rotatable bonds is 3. The predicted molar refractivity (Wildman–Crippen MR) is 62.0 cm³/mol. The van der Waals surface area contributed by atoms with Crippen LogP contribution in [0.2, 0.25) is 0 Å². The zero-order chi connectivity index (χ0) is 11.4. The van der Waals surface area contributed by atoms with Crippen molar-refractivity contribution in [2.24, 2.45) is 4.40 Å². The molecule has 0 aliphatic carbocycles. The summed E-state index contributed by atoms with van der Waals surface area (Å²) in [5, 5.41) is 0. The maximum atomic E-state index is 11.0. The van der Waals surface area contributed by atoms with E-state index in [9.17, 15) is 8.42 Å². The van der Waals surface area contributed by atoms with Crippen LogP contribution in [-0.4, -0.2) is 29.6 Å². The third kappa shape index (κ3) is 8.40. The minimum atomic E-state index is -4.14. The molecule has 0 heterocycles. The molecule has 0 aromatic carbocycles. The molecule has 0 aromatic rings. The van der Waals surface area contributed by atoms with Crippen LogP contribution in [0, 0.1) is 0 Å². The van der Waals surface area contributed by atoms with Gasteiger partial charge in [-0.05, 0) is 6.26 Å². The summed E-state index contributed by atoms with van der Waals surface area (Å²) >= 11 is 22.1. The van der Waals surface area contributed by atoms with Gasteiger partial charge in [0.05, 0.1) is 0 Å². The number of nitrogens with zero attached hydrogens (tertiary/aromatic N) is 1. The van der Waals surface area contributed by atoms with Crippen molar-refractivity contribution in [1.29, 1.82) is 0 Å². The topological polar surface area (TPSA) is 55.7 Å². The van der Waals surface area contributed by atoms with E-state index in [0.29, 0.717) is 0 Å². The molecule has 0 amide bonds. The summed E-state index contributed by atoms with van der Waals surface area (Å²) in [6, 6.07) is 0. The standard InChI is InChI=1S/C4H5Cl4NO3S2/c1-13-3(5)9-14(10,11)12-2-4(6,7)8/h2H2,1H3/b9-3-. The van der Waals surface area contributed by atoms with Crippen LogP contribution in [-0.2, 0) is 14.5 Å². The second-order valence-corrected chi connectivity index (χ2v) is 7.02. The molecule has 0 saturated heterocycles. The largest absolute Gasteiger partial charge is 0.382 e. The van der Waals surface area contributed by atoms with Gasteiger partial charge in [0.1, 0.15) is 6.61 Å². The van der Waals surface area contributed by atoms with Crippen molar-refractivity contribution in [2.45, 2.75) is 3.79 Å². The molecule has 0 saturated carbocycles. The molecule has 0 radical (unpaired) electrons. The van der Waals surface area contributed by atoms with Crippen molar-refractivity contribution in [2.75, 3.05) is 12.9 Å². The first-order valence-corrected chi connectivity index (χ1v) is 7.02. The highest BCUT2D eigenvalue weighted by atomic mass is 35.6. The smallest absolute Gasteiger partial charge is 0.248 e. The van der Waals surface area contributed by atoms with Crippen LogP contribution < -0.4 is 0 Å². The fourth-order valence-corrected chi connectivity index (χ4v) is 2.03. The molecule has 10 heteroatoms. The second kappa shape index (κ2) is 5.98. The van der Waals surface area contributed by atoms with E-state index in [1.807, 2.05) is 0 Å². The lowest BCUT2D eigenvalue weighted by molar-refractivity contribution is 0.326. The SMILES string of the molecule is CS/C(Cl)=N\S(=O)(=O)OCC(Cl)(Cl)Cl. The summed E-state index contributed by atoms with van der Waals surface area (Å²) in [5.74, 6) is 0. The molecular formula is C4H5Cl4NO3S2. The van der Waals surface area contributed by atoms with Crippen LogP contribution in [0.3, 0.4) is 0 Å². The highest BCUT2D eigenvalue weighted by molar-refractivity contribution is 8.16. The number of alkyl halides is 3. The monoisotopic (exact) mass is 319 g/mol. The van der Waals surface area contributed by atoms with E-state index in [1.54, 1.807) is 6.26 Å². The summed E-state index contributed by atoms with van der Waals surface area (Å²) < 4.78 is 27.2. The van der Waals surface area contributed by atoms with Crippen LogP contribution in [0.5, 0.6) is 0 Å². The lowest BCUT2D eigenvalue weighted by atomic mass is 10.9. The Morgan fingerprint density at radius 2 is 2.00 bits per heavy atom. The third-order valence-corrected chi connectivity index (χ3v) is 3.06. The van der Waals surface area contributed by atoms with Crippen LogP contribution >= 0.6 is 58.2 Å². The van der Waals surface area contributed by atoms with Crippen molar-refractivity contribution in [1.82, 2.24) is 0 Å². The first kappa shape index (κ1) is 15.1. The fraction of sp³-hybridized carbons (Fsp3) is 0.750. The quantitative estimate of drug-likeness (QED) is 0.455. The number of hydrogen-bond donors (Lipinski definition) is 0. The first-order valence-electron chi connectivity index (χ1n) is 2.92. The molecule has 4 nitrogen and oxygen atoms in total. The minimum Gasteiger partial charge on any atom is -0.248 e. The van der Waals surface area contributed by atoms with E-state index in [0.717, 1.165) is 11.8 Å². The van der Waals surface area contributed by atoms with Gasteiger partial charge < -0.3 is 0 Å².